The van der Waals surface area contributed by atoms with E-state index in [9.17, 15) is 14.4 Å². The third-order valence-corrected chi connectivity index (χ3v) is 10.3. The number of rotatable bonds is 19. The number of thioether (sulfide) groups is 1. The Morgan fingerprint density at radius 2 is 1.40 bits per heavy atom. The van der Waals surface area contributed by atoms with E-state index in [1.165, 1.54) is 93.7 Å². The first kappa shape index (κ1) is 33.0. The van der Waals surface area contributed by atoms with Crippen LogP contribution in [0.2, 0.25) is 0 Å². The van der Waals surface area contributed by atoms with Crippen LogP contribution < -0.4 is 4.90 Å². The number of fused-ring (bicyclic) bond motifs is 1. The van der Waals surface area contributed by atoms with Crippen molar-refractivity contribution in [1.29, 1.82) is 0 Å². The summed E-state index contributed by atoms with van der Waals surface area (Å²) in [4.78, 5) is 41.0. The molecule has 2 atom stereocenters. The number of hydrogen-bond donors (Lipinski definition) is 0. The molecule has 2 heterocycles. The minimum Gasteiger partial charge on any atom is -0.293 e. The molecule has 8 nitrogen and oxygen atoms in total. The van der Waals surface area contributed by atoms with Gasteiger partial charge < -0.3 is 0 Å². The van der Waals surface area contributed by atoms with Gasteiger partial charge in [0.25, 0.3) is 0 Å². The first-order chi connectivity index (χ1) is 22.1. The molecule has 1 aromatic heterocycles. The Morgan fingerprint density at radius 3 is 2.07 bits per heavy atom. The molecule has 3 aromatic rings. The molecule has 2 aliphatic rings. The van der Waals surface area contributed by atoms with Crippen molar-refractivity contribution >= 4 is 35.0 Å². The Bertz CT molecular complexity index is 1430. The summed E-state index contributed by atoms with van der Waals surface area (Å²) in [5, 5.41) is 12.2. The fraction of sp³-hybridized carbons (Fsp3) is 0.556. The molecule has 1 aliphatic heterocycles. The van der Waals surface area contributed by atoms with E-state index in [2.05, 4.69) is 22.4 Å². The average molecular weight is 630 g/mol. The van der Waals surface area contributed by atoms with Crippen LogP contribution in [-0.4, -0.2) is 43.1 Å². The topological polar surface area (TPSA) is 98.1 Å². The minimum atomic E-state index is -0.373. The molecule has 1 fully saturated rings. The van der Waals surface area contributed by atoms with E-state index in [0.29, 0.717) is 22.8 Å². The summed E-state index contributed by atoms with van der Waals surface area (Å²) >= 11 is 1.34. The molecular weight excluding hydrogens is 582 g/mol. The molecule has 0 unspecified atom stereocenters. The number of tetrazole rings is 1. The number of benzene rings is 2. The third kappa shape index (κ3) is 8.69. The van der Waals surface area contributed by atoms with Crippen LogP contribution in [0.25, 0.3) is 5.69 Å². The van der Waals surface area contributed by atoms with Gasteiger partial charge in [0.05, 0.1) is 16.6 Å². The third-order valence-electron chi connectivity index (χ3n) is 9.15. The molecular formula is C36H47N5O3S. The van der Waals surface area contributed by atoms with Gasteiger partial charge >= 0.3 is 0 Å². The Labute approximate surface area is 271 Å². The standard InChI is InChI=1S/C36H47N5O3S/c1-2-3-4-5-6-7-8-9-10-11-12-13-14-16-19-28-25-33(42)40(35(28)44)30-23-22-27-24-32(34(43)31(27)26-30)45-36-37-38-39-41(36)29-20-17-15-18-21-29/h15,17-18,20-23,26,28,32H,2-14,16,19,24-25H2,1H3/t28-,32+/m1/s1. The zero-order valence-electron chi connectivity index (χ0n) is 26.7. The quantitative estimate of drug-likeness (QED) is 0.0971. The van der Waals surface area contributed by atoms with E-state index in [1.54, 1.807) is 16.8 Å². The zero-order valence-corrected chi connectivity index (χ0v) is 27.5. The minimum absolute atomic E-state index is 0.0301. The zero-order chi connectivity index (χ0) is 31.4. The van der Waals surface area contributed by atoms with Gasteiger partial charge in [-0.2, -0.15) is 4.68 Å². The number of nitrogens with zero attached hydrogens (tertiary/aromatic N) is 5. The van der Waals surface area contributed by atoms with Crippen molar-refractivity contribution in [2.45, 2.75) is 126 Å². The number of hydrogen-bond acceptors (Lipinski definition) is 7. The predicted molar refractivity (Wildman–Crippen MR) is 179 cm³/mol. The predicted octanol–water partition coefficient (Wildman–Crippen LogP) is 8.31. The molecule has 5 rings (SSSR count). The highest BCUT2D eigenvalue weighted by atomic mass is 32.2. The molecule has 9 heteroatoms. The maximum atomic E-state index is 13.4. The second-order valence-electron chi connectivity index (χ2n) is 12.6. The number of aromatic nitrogens is 4. The summed E-state index contributed by atoms with van der Waals surface area (Å²) in [6, 6.07) is 15.0. The fourth-order valence-corrected chi connectivity index (χ4v) is 7.64. The van der Waals surface area contributed by atoms with Crippen LogP contribution in [0.5, 0.6) is 0 Å². The smallest absolute Gasteiger partial charge is 0.237 e. The van der Waals surface area contributed by atoms with Gasteiger partial charge in [-0.25, -0.2) is 0 Å². The molecule has 0 saturated carbocycles. The second kappa shape index (κ2) is 16.8. The van der Waals surface area contributed by atoms with Gasteiger partial charge in [0.2, 0.25) is 17.0 Å². The summed E-state index contributed by atoms with van der Waals surface area (Å²) in [5.74, 6) is -0.599. The van der Waals surface area contributed by atoms with Gasteiger partial charge in [-0.05, 0) is 53.1 Å². The van der Waals surface area contributed by atoms with Crippen LogP contribution in [0, 0.1) is 5.92 Å². The highest BCUT2D eigenvalue weighted by Crippen LogP contribution is 2.37. The second-order valence-corrected chi connectivity index (χ2v) is 13.7. The number of carbonyl (C=O) groups is 3. The molecule has 1 saturated heterocycles. The fourth-order valence-electron chi connectivity index (χ4n) is 6.56. The molecule has 45 heavy (non-hydrogen) atoms. The maximum absolute atomic E-state index is 13.4. The summed E-state index contributed by atoms with van der Waals surface area (Å²) in [6.45, 7) is 2.27. The Kier molecular flexibility index (Phi) is 12.4. The highest BCUT2D eigenvalue weighted by Gasteiger charge is 2.40. The average Bonchev–Trinajstić information content (AvgIpc) is 3.73. The number of Topliss-reactive ketones (excluding diaryl/α,β-unsaturated/α-hetero) is 1. The van der Waals surface area contributed by atoms with Crippen molar-refractivity contribution < 1.29 is 14.4 Å². The molecule has 0 N–H and O–H groups in total. The van der Waals surface area contributed by atoms with E-state index in [-0.39, 0.29) is 35.2 Å². The van der Waals surface area contributed by atoms with Crippen molar-refractivity contribution in [3.05, 3.63) is 59.7 Å². The number of imide groups is 1. The van der Waals surface area contributed by atoms with Gasteiger partial charge in [-0.1, -0.05) is 133 Å². The molecule has 0 bridgehead atoms. The number of anilines is 1. The summed E-state index contributed by atoms with van der Waals surface area (Å²) in [5.41, 5.74) is 2.81. The van der Waals surface area contributed by atoms with Crippen molar-refractivity contribution in [2.75, 3.05) is 4.90 Å². The van der Waals surface area contributed by atoms with Gasteiger partial charge in [0, 0.05) is 17.9 Å². The lowest BCUT2D eigenvalue weighted by Gasteiger charge is -2.16. The van der Waals surface area contributed by atoms with Crippen LogP contribution in [0.15, 0.2) is 53.7 Å². The van der Waals surface area contributed by atoms with Crippen LogP contribution in [0.3, 0.4) is 0 Å². The molecule has 1 aliphatic carbocycles. The van der Waals surface area contributed by atoms with Crippen molar-refractivity contribution in [3.8, 4) is 5.69 Å². The van der Waals surface area contributed by atoms with Crippen molar-refractivity contribution in [1.82, 2.24) is 20.2 Å². The van der Waals surface area contributed by atoms with Crippen LogP contribution in [0.1, 0.15) is 126 Å². The number of unbranched alkanes of at least 4 members (excludes halogenated alkanes) is 13. The van der Waals surface area contributed by atoms with E-state index in [1.807, 2.05) is 36.4 Å². The van der Waals surface area contributed by atoms with E-state index >= 15 is 0 Å². The van der Waals surface area contributed by atoms with Crippen molar-refractivity contribution in [3.63, 3.8) is 0 Å². The summed E-state index contributed by atoms with van der Waals surface area (Å²) in [6.07, 6.45) is 19.7. The molecule has 2 amide bonds. The molecule has 240 valence electrons. The monoisotopic (exact) mass is 629 g/mol. The Hall–Kier alpha value is -3.33. The number of ketones is 1. The van der Waals surface area contributed by atoms with Gasteiger partial charge in [0.15, 0.2) is 5.78 Å². The van der Waals surface area contributed by atoms with Gasteiger partial charge in [0.1, 0.15) is 0 Å². The van der Waals surface area contributed by atoms with E-state index in [4.69, 9.17) is 0 Å². The SMILES string of the molecule is CCCCCCCCCCCCCCCC[C@@H]1CC(=O)N(c2ccc3c(c2)C(=O)[C@@H](Sc2nnnn2-c2ccccc2)C3)C1=O. The summed E-state index contributed by atoms with van der Waals surface area (Å²) < 4.78 is 1.63. The Morgan fingerprint density at radius 1 is 0.756 bits per heavy atom. The van der Waals surface area contributed by atoms with Crippen LogP contribution in [-0.2, 0) is 16.0 Å². The van der Waals surface area contributed by atoms with Gasteiger partial charge in [-0.15, -0.1) is 5.10 Å². The van der Waals surface area contributed by atoms with Gasteiger partial charge in [-0.3, -0.25) is 19.3 Å². The lowest BCUT2D eigenvalue weighted by Crippen LogP contribution is -2.30. The summed E-state index contributed by atoms with van der Waals surface area (Å²) in [7, 11) is 0. The highest BCUT2D eigenvalue weighted by molar-refractivity contribution is 8.00. The number of para-hydroxylation sites is 1. The molecule has 2 aromatic carbocycles. The lowest BCUT2D eigenvalue weighted by molar-refractivity contribution is -0.122. The van der Waals surface area contributed by atoms with Crippen molar-refractivity contribution in [2.24, 2.45) is 5.92 Å². The Balaban J connectivity index is 1.04. The number of amides is 2. The normalized spacial score (nSPS) is 17.9. The largest absolute Gasteiger partial charge is 0.293 e. The van der Waals surface area contributed by atoms with Crippen LogP contribution in [0.4, 0.5) is 5.69 Å². The number of carbonyl (C=O) groups excluding carboxylic acids is 3. The lowest BCUT2D eigenvalue weighted by atomic mass is 9.98. The maximum Gasteiger partial charge on any atom is 0.237 e. The van der Waals surface area contributed by atoms with E-state index < -0.39 is 0 Å². The van der Waals surface area contributed by atoms with Crippen LogP contribution >= 0.6 is 11.8 Å². The first-order valence-corrected chi connectivity index (χ1v) is 18.0. The molecule has 0 radical (unpaired) electrons. The van der Waals surface area contributed by atoms with E-state index in [0.717, 1.165) is 30.5 Å². The first-order valence-electron chi connectivity index (χ1n) is 17.1. The molecule has 0 spiro atoms.